The average Bonchev–Trinajstić information content (AvgIpc) is 1.94. The van der Waals surface area contributed by atoms with E-state index in [9.17, 15) is 8.78 Å². The third-order valence-electron chi connectivity index (χ3n) is 1.24. The van der Waals surface area contributed by atoms with Gasteiger partial charge in [-0.1, -0.05) is 12.1 Å². The molecule has 0 atom stereocenters. The first-order chi connectivity index (χ1) is 5.13. The number of hydrogen-bond donors (Lipinski definition) is 1. The predicted molar refractivity (Wildman–Crippen MR) is 40.8 cm³/mol. The molecule has 60 valence electrons. The monoisotopic (exact) mass is 222 g/mol. The smallest absolute Gasteiger partial charge is 0.265 e. The minimum Gasteiger partial charge on any atom is -0.507 e. The first-order valence-electron chi connectivity index (χ1n) is 2.88. The van der Waals surface area contributed by atoms with E-state index in [1.54, 1.807) is 0 Å². The molecular weight excluding hydrogens is 218 g/mol. The number of rotatable bonds is 1. The molecule has 11 heavy (non-hydrogen) atoms. The Kier molecular flexibility index (Phi) is 2.44. The lowest BCUT2D eigenvalue weighted by Crippen LogP contribution is -1.85. The Morgan fingerprint density at radius 3 is 2.45 bits per heavy atom. The molecule has 0 saturated carbocycles. The second kappa shape index (κ2) is 3.17. The van der Waals surface area contributed by atoms with E-state index >= 15 is 0 Å². The van der Waals surface area contributed by atoms with Gasteiger partial charge in [0.05, 0.1) is 4.47 Å². The molecule has 0 aliphatic heterocycles. The van der Waals surface area contributed by atoms with Gasteiger partial charge >= 0.3 is 0 Å². The SMILES string of the molecule is Oc1cccc(C(F)F)c1Br. The third kappa shape index (κ3) is 1.68. The molecule has 4 heteroatoms. The van der Waals surface area contributed by atoms with Gasteiger partial charge in [-0.15, -0.1) is 0 Å². The lowest BCUT2D eigenvalue weighted by atomic mass is 10.2. The molecule has 0 aliphatic carbocycles. The summed E-state index contributed by atoms with van der Waals surface area (Å²) in [5.74, 6) is -0.164. The highest BCUT2D eigenvalue weighted by molar-refractivity contribution is 9.10. The molecule has 1 aromatic carbocycles. The van der Waals surface area contributed by atoms with Crippen LogP contribution in [0.15, 0.2) is 22.7 Å². The van der Waals surface area contributed by atoms with Gasteiger partial charge in [0.1, 0.15) is 5.75 Å². The zero-order valence-corrected chi connectivity index (χ0v) is 6.98. The van der Waals surface area contributed by atoms with Crippen LogP contribution in [0.1, 0.15) is 12.0 Å². The maximum absolute atomic E-state index is 12.1. The summed E-state index contributed by atoms with van der Waals surface area (Å²) in [5, 5.41) is 8.97. The van der Waals surface area contributed by atoms with Crippen LogP contribution in [0.3, 0.4) is 0 Å². The molecule has 0 aromatic heterocycles. The van der Waals surface area contributed by atoms with Gasteiger partial charge in [-0.05, 0) is 22.0 Å². The first kappa shape index (κ1) is 8.46. The Bertz CT molecular complexity index is 263. The summed E-state index contributed by atoms with van der Waals surface area (Å²) in [5.41, 5.74) is -0.190. The van der Waals surface area contributed by atoms with Gasteiger partial charge in [-0.25, -0.2) is 8.78 Å². The van der Waals surface area contributed by atoms with E-state index in [4.69, 9.17) is 5.11 Å². The fourth-order valence-corrected chi connectivity index (χ4v) is 1.14. The van der Waals surface area contributed by atoms with Gasteiger partial charge in [0.25, 0.3) is 6.43 Å². The fraction of sp³-hybridized carbons (Fsp3) is 0.143. The highest BCUT2D eigenvalue weighted by Gasteiger charge is 2.12. The van der Waals surface area contributed by atoms with Crippen LogP contribution in [0, 0.1) is 0 Å². The molecule has 0 heterocycles. The van der Waals surface area contributed by atoms with E-state index < -0.39 is 6.43 Å². The first-order valence-corrected chi connectivity index (χ1v) is 3.67. The van der Waals surface area contributed by atoms with E-state index in [2.05, 4.69) is 15.9 Å². The molecule has 1 aromatic rings. The van der Waals surface area contributed by atoms with Crippen LogP contribution < -0.4 is 0 Å². The molecule has 1 rings (SSSR count). The summed E-state index contributed by atoms with van der Waals surface area (Å²) in [6, 6.07) is 3.98. The molecule has 0 aliphatic rings. The molecule has 0 bridgehead atoms. The molecular formula is C7H5BrF2O. The fourth-order valence-electron chi connectivity index (χ4n) is 0.706. The Labute approximate surface area is 70.8 Å². The molecule has 0 spiro atoms. The van der Waals surface area contributed by atoms with Gasteiger partial charge in [-0.3, -0.25) is 0 Å². The second-order valence-corrected chi connectivity index (χ2v) is 2.77. The quantitative estimate of drug-likeness (QED) is 0.775. The topological polar surface area (TPSA) is 20.2 Å². The number of phenols is 1. The third-order valence-corrected chi connectivity index (χ3v) is 2.11. The molecule has 0 fully saturated rings. The average molecular weight is 223 g/mol. The van der Waals surface area contributed by atoms with Crippen molar-refractivity contribution in [2.24, 2.45) is 0 Å². The van der Waals surface area contributed by atoms with Gasteiger partial charge in [0.2, 0.25) is 0 Å². The van der Waals surface area contributed by atoms with Crippen molar-refractivity contribution in [3.63, 3.8) is 0 Å². The number of phenolic OH excluding ortho intramolecular Hbond substituents is 1. The van der Waals surface area contributed by atoms with Crippen molar-refractivity contribution in [1.29, 1.82) is 0 Å². The van der Waals surface area contributed by atoms with Crippen LogP contribution in [0.5, 0.6) is 5.75 Å². The zero-order chi connectivity index (χ0) is 8.43. The van der Waals surface area contributed by atoms with E-state index in [-0.39, 0.29) is 15.8 Å². The van der Waals surface area contributed by atoms with E-state index in [0.717, 1.165) is 0 Å². The molecule has 0 amide bonds. The zero-order valence-electron chi connectivity index (χ0n) is 5.39. The minimum absolute atomic E-state index is 0.0648. The lowest BCUT2D eigenvalue weighted by Gasteiger charge is -2.03. The van der Waals surface area contributed by atoms with Crippen molar-refractivity contribution in [3.05, 3.63) is 28.2 Å². The number of alkyl halides is 2. The number of halogens is 3. The standard InChI is InChI=1S/C7H5BrF2O/c8-6-4(7(9)10)2-1-3-5(6)11/h1-3,7,11H. The van der Waals surface area contributed by atoms with Crippen LogP contribution >= 0.6 is 15.9 Å². The van der Waals surface area contributed by atoms with E-state index in [1.807, 2.05) is 0 Å². The van der Waals surface area contributed by atoms with Crippen molar-refractivity contribution in [2.45, 2.75) is 6.43 Å². The van der Waals surface area contributed by atoms with Crippen LogP contribution in [-0.2, 0) is 0 Å². The molecule has 1 N–H and O–H groups in total. The maximum Gasteiger partial charge on any atom is 0.265 e. The summed E-state index contributed by atoms with van der Waals surface area (Å²) < 4.78 is 24.2. The number of hydrogen-bond acceptors (Lipinski definition) is 1. The second-order valence-electron chi connectivity index (χ2n) is 1.98. The summed E-state index contributed by atoms with van der Waals surface area (Å²) >= 11 is 2.85. The van der Waals surface area contributed by atoms with E-state index in [0.29, 0.717) is 0 Å². The maximum atomic E-state index is 12.1. The molecule has 0 radical (unpaired) electrons. The van der Waals surface area contributed by atoms with Crippen molar-refractivity contribution in [3.8, 4) is 5.75 Å². The summed E-state index contributed by atoms with van der Waals surface area (Å²) in [6.45, 7) is 0. The Morgan fingerprint density at radius 1 is 1.36 bits per heavy atom. The van der Waals surface area contributed by atoms with Crippen molar-refractivity contribution in [2.75, 3.05) is 0 Å². The predicted octanol–water partition coefficient (Wildman–Crippen LogP) is 3.09. The van der Waals surface area contributed by atoms with Crippen molar-refractivity contribution in [1.82, 2.24) is 0 Å². The van der Waals surface area contributed by atoms with E-state index in [1.165, 1.54) is 18.2 Å². The summed E-state index contributed by atoms with van der Waals surface area (Å²) in [7, 11) is 0. The van der Waals surface area contributed by atoms with Gasteiger partial charge in [-0.2, -0.15) is 0 Å². The molecule has 1 nitrogen and oxygen atoms in total. The van der Waals surface area contributed by atoms with Crippen molar-refractivity contribution >= 4 is 15.9 Å². The van der Waals surface area contributed by atoms with Gasteiger partial charge in [0.15, 0.2) is 0 Å². The van der Waals surface area contributed by atoms with Crippen LogP contribution in [0.4, 0.5) is 8.78 Å². The summed E-state index contributed by atoms with van der Waals surface area (Å²) in [4.78, 5) is 0. The van der Waals surface area contributed by atoms with Crippen LogP contribution in [-0.4, -0.2) is 5.11 Å². The molecule has 0 saturated heterocycles. The summed E-state index contributed by atoms with van der Waals surface area (Å²) in [6.07, 6.45) is -2.56. The highest BCUT2D eigenvalue weighted by atomic mass is 79.9. The highest BCUT2D eigenvalue weighted by Crippen LogP contribution is 2.33. The normalized spacial score (nSPS) is 10.5. The van der Waals surface area contributed by atoms with Crippen LogP contribution in [0.2, 0.25) is 0 Å². The largest absolute Gasteiger partial charge is 0.507 e. The molecule has 0 unspecified atom stereocenters. The Hall–Kier alpha value is -0.640. The van der Waals surface area contributed by atoms with Crippen molar-refractivity contribution < 1.29 is 13.9 Å². The Balaban J connectivity index is 3.17. The van der Waals surface area contributed by atoms with Crippen LogP contribution in [0.25, 0.3) is 0 Å². The Morgan fingerprint density at radius 2 is 2.00 bits per heavy atom. The lowest BCUT2D eigenvalue weighted by molar-refractivity contribution is 0.150. The number of benzene rings is 1. The van der Waals surface area contributed by atoms with Gasteiger partial charge < -0.3 is 5.11 Å². The number of aromatic hydroxyl groups is 1. The van der Waals surface area contributed by atoms with Gasteiger partial charge in [0, 0.05) is 5.56 Å². The minimum atomic E-state index is -2.56.